The van der Waals surface area contributed by atoms with Crippen molar-refractivity contribution in [2.75, 3.05) is 37.7 Å². The van der Waals surface area contributed by atoms with E-state index in [0.717, 1.165) is 5.56 Å². The molecule has 0 unspecified atom stereocenters. The second-order valence-corrected chi connectivity index (χ2v) is 6.78. The summed E-state index contributed by atoms with van der Waals surface area (Å²) in [6, 6.07) is 11.5. The van der Waals surface area contributed by atoms with Gasteiger partial charge in [0.2, 0.25) is 5.95 Å². The Bertz CT molecular complexity index is 986. The molecule has 1 saturated heterocycles. The number of rotatable bonds is 6. The Morgan fingerprint density at radius 3 is 2.43 bits per heavy atom. The standard InChI is InChI=1S/C20H21N7O3/c28-18(25-9-11-26(12-10-25)20-21-7-4-8-22-20)15-30-19(29)17-14-27(24-23-17)13-16-5-2-1-3-6-16/h1-8,14H,9-13,15H2. The molecule has 2 aromatic heterocycles. The summed E-state index contributed by atoms with van der Waals surface area (Å²) >= 11 is 0. The Labute approximate surface area is 173 Å². The number of carbonyl (C=O) groups is 2. The van der Waals surface area contributed by atoms with Gasteiger partial charge in [0.05, 0.1) is 12.7 Å². The molecule has 3 aromatic rings. The highest BCUT2D eigenvalue weighted by Crippen LogP contribution is 2.10. The molecule has 0 N–H and O–H groups in total. The van der Waals surface area contributed by atoms with Crippen LogP contribution in [0.5, 0.6) is 0 Å². The van der Waals surface area contributed by atoms with Crippen LogP contribution in [0.2, 0.25) is 0 Å². The van der Waals surface area contributed by atoms with Crippen LogP contribution in [0.3, 0.4) is 0 Å². The zero-order chi connectivity index (χ0) is 20.8. The van der Waals surface area contributed by atoms with E-state index in [1.165, 1.54) is 6.20 Å². The summed E-state index contributed by atoms with van der Waals surface area (Å²) in [6.07, 6.45) is 4.89. The summed E-state index contributed by atoms with van der Waals surface area (Å²) < 4.78 is 6.69. The molecule has 1 fully saturated rings. The van der Waals surface area contributed by atoms with Gasteiger partial charge in [0.15, 0.2) is 12.3 Å². The molecule has 10 heteroatoms. The lowest BCUT2D eigenvalue weighted by Crippen LogP contribution is -2.50. The zero-order valence-electron chi connectivity index (χ0n) is 16.3. The van der Waals surface area contributed by atoms with E-state index in [9.17, 15) is 9.59 Å². The van der Waals surface area contributed by atoms with E-state index in [2.05, 4.69) is 20.3 Å². The number of hydrogen-bond donors (Lipinski definition) is 0. The summed E-state index contributed by atoms with van der Waals surface area (Å²) in [5.41, 5.74) is 1.11. The third-order valence-electron chi connectivity index (χ3n) is 4.73. The molecule has 0 atom stereocenters. The summed E-state index contributed by atoms with van der Waals surface area (Å²) in [7, 11) is 0. The fourth-order valence-electron chi connectivity index (χ4n) is 3.14. The number of benzene rings is 1. The summed E-state index contributed by atoms with van der Waals surface area (Å²) in [5.74, 6) is -0.262. The van der Waals surface area contributed by atoms with Crippen LogP contribution in [0, 0.1) is 0 Å². The van der Waals surface area contributed by atoms with Crippen LogP contribution in [0.1, 0.15) is 16.1 Å². The van der Waals surface area contributed by atoms with Gasteiger partial charge in [0.1, 0.15) is 0 Å². The van der Waals surface area contributed by atoms with Crippen LogP contribution in [-0.4, -0.2) is 74.5 Å². The third kappa shape index (κ3) is 4.77. The van der Waals surface area contributed by atoms with Crippen molar-refractivity contribution in [2.24, 2.45) is 0 Å². The van der Waals surface area contributed by atoms with E-state index in [0.29, 0.717) is 38.7 Å². The van der Waals surface area contributed by atoms with Crippen LogP contribution < -0.4 is 4.90 Å². The van der Waals surface area contributed by atoms with Gasteiger partial charge in [0.25, 0.3) is 5.91 Å². The fraction of sp³-hybridized carbons (Fsp3) is 0.300. The average molecular weight is 407 g/mol. The Hall–Kier alpha value is -3.82. The van der Waals surface area contributed by atoms with Gasteiger partial charge in [-0.25, -0.2) is 19.4 Å². The number of carbonyl (C=O) groups excluding carboxylic acids is 2. The minimum atomic E-state index is -0.668. The first-order valence-electron chi connectivity index (χ1n) is 9.60. The smallest absolute Gasteiger partial charge is 0.361 e. The van der Waals surface area contributed by atoms with Crippen molar-refractivity contribution < 1.29 is 14.3 Å². The van der Waals surface area contributed by atoms with Gasteiger partial charge in [-0.05, 0) is 11.6 Å². The zero-order valence-corrected chi connectivity index (χ0v) is 16.3. The number of amides is 1. The second-order valence-electron chi connectivity index (χ2n) is 6.78. The molecule has 1 aliphatic heterocycles. The number of hydrogen-bond acceptors (Lipinski definition) is 8. The predicted octanol–water partition coefficient (Wildman–Crippen LogP) is 0.622. The largest absolute Gasteiger partial charge is 0.451 e. The predicted molar refractivity (Wildman–Crippen MR) is 107 cm³/mol. The van der Waals surface area contributed by atoms with E-state index in [-0.39, 0.29) is 18.2 Å². The maximum absolute atomic E-state index is 12.4. The topological polar surface area (TPSA) is 106 Å². The molecule has 3 heterocycles. The molecule has 0 spiro atoms. The lowest BCUT2D eigenvalue weighted by Gasteiger charge is -2.34. The van der Waals surface area contributed by atoms with E-state index in [1.807, 2.05) is 35.2 Å². The van der Waals surface area contributed by atoms with E-state index >= 15 is 0 Å². The molecule has 1 aliphatic rings. The lowest BCUT2D eigenvalue weighted by molar-refractivity contribution is -0.134. The summed E-state index contributed by atoms with van der Waals surface area (Å²) in [5, 5.41) is 7.78. The Kier molecular flexibility index (Phi) is 5.93. The first kappa shape index (κ1) is 19.5. The molecule has 0 radical (unpaired) electrons. The van der Waals surface area contributed by atoms with Gasteiger partial charge in [-0.3, -0.25) is 4.79 Å². The van der Waals surface area contributed by atoms with E-state index in [1.54, 1.807) is 28.0 Å². The molecule has 1 aromatic carbocycles. The number of aromatic nitrogens is 5. The molecule has 10 nitrogen and oxygen atoms in total. The highest BCUT2D eigenvalue weighted by Gasteiger charge is 2.24. The quantitative estimate of drug-likeness (QED) is 0.548. The van der Waals surface area contributed by atoms with Crippen LogP contribution in [0.25, 0.3) is 0 Å². The van der Waals surface area contributed by atoms with Crippen molar-refractivity contribution in [3.8, 4) is 0 Å². The first-order valence-corrected chi connectivity index (χ1v) is 9.60. The molecule has 0 saturated carbocycles. The van der Waals surface area contributed by atoms with Gasteiger partial charge in [0, 0.05) is 38.6 Å². The maximum atomic E-state index is 12.4. The number of esters is 1. The summed E-state index contributed by atoms with van der Waals surface area (Å²) in [6.45, 7) is 2.44. The van der Waals surface area contributed by atoms with E-state index in [4.69, 9.17) is 4.74 Å². The summed E-state index contributed by atoms with van der Waals surface area (Å²) in [4.78, 5) is 36.7. The molecular weight excluding hydrogens is 386 g/mol. The van der Waals surface area contributed by atoms with E-state index < -0.39 is 5.97 Å². The van der Waals surface area contributed by atoms with Gasteiger partial charge < -0.3 is 14.5 Å². The van der Waals surface area contributed by atoms with Crippen molar-refractivity contribution in [3.05, 3.63) is 66.2 Å². The van der Waals surface area contributed by atoms with Crippen LogP contribution >= 0.6 is 0 Å². The SMILES string of the molecule is O=C(OCC(=O)N1CCN(c2ncccn2)CC1)c1cn(Cc2ccccc2)nn1. The highest BCUT2D eigenvalue weighted by atomic mass is 16.5. The Balaban J connectivity index is 1.24. The normalized spacial score (nSPS) is 13.9. The van der Waals surface area contributed by atoms with Crippen LogP contribution in [0.15, 0.2) is 55.0 Å². The minimum Gasteiger partial charge on any atom is -0.451 e. The molecule has 154 valence electrons. The van der Waals surface area contributed by atoms with Crippen molar-refractivity contribution >= 4 is 17.8 Å². The van der Waals surface area contributed by atoms with Gasteiger partial charge in [-0.2, -0.15) is 0 Å². The molecular formula is C20H21N7O3. The number of anilines is 1. The van der Waals surface area contributed by atoms with Crippen LogP contribution in [0.4, 0.5) is 5.95 Å². The molecule has 4 rings (SSSR count). The molecule has 0 bridgehead atoms. The Morgan fingerprint density at radius 2 is 1.70 bits per heavy atom. The molecule has 0 aliphatic carbocycles. The Morgan fingerprint density at radius 1 is 0.967 bits per heavy atom. The van der Waals surface area contributed by atoms with Crippen molar-refractivity contribution in [2.45, 2.75) is 6.54 Å². The third-order valence-corrected chi connectivity index (χ3v) is 4.73. The van der Waals surface area contributed by atoms with Crippen molar-refractivity contribution in [3.63, 3.8) is 0 Å². The monoisotopic (exact) mass is 407 g/mol. The average Bonchev–Trinajstić information content (AvgIpc) is 3.27. The molecule has 30 heavy (non-hydrogen) atoms. The van der Waals surface area contributed by atoms with Gasteiger partial charge in [-0.1, -0.05) is 35.5 Å². The van der Waals surface area contributed by atoms with Crippen molar-refractivity contribution in [1.82, 2.24) is 29.9 Å². The van der Waals surface area contributed by atoms with Gasteiger partial charge in [-0.15, -0.1) is 5.10 Å². The van der Waals surface area contributed by atoms with Crippen molar-refractivity contribution in [1.29, 1.82) is 0 Å². The second kappa shape index (κ2) is 9.12. The number of piperazine rings is 1. The number of ether oxygens (including phenoxy) is 1. The molecule has 1 amide bonds. The van der Waals surface area contributed by atoms with Gasteiger partial charge >= 0.3 is 5.97 Å². The fourth-order valence-corrected chi connectivity index (χ4v) is 3.14. The number of nitrogens with zero attached hydrogens (tertiary/aromatic N) is 7. The minimum absolute atomic E-state index is 0.0739. The van der Waals surface area contributed by atoms with Crippen LogP contribution in [-0.2, 0) is 16.1 Å². The first-order chi connectivity index (χ1) is 14.7. The maximum Gasteiger partial charge on any atom is 0.361 e. The highest BCUT2D eigenvalue weighted by molar-refractivity contribution is 5.89. The lowest BCUT2D eigenvalue weighted by atomic mass is 10.2.